The number of hydrogen-bond acceptors (Lipinski definition) is 0. The van der Waals surface area contributed by atoms with Gasteiger partial charge in [-0.3, -0.25) is 0 Å². The van der Waals surface area contributed by atoms with Crippen molar-refractivity contribution < 1.29 is 0 Å². The molecule has 0 bridgehead atoms. The van der Waals surface area contributed by atoms with Gasteiger partial charge in [-0.1, -0.05) is 0 Å². The molecule has 1 aliphatic carbocycles. The molecule has 19 valence electrons. The van der Waals surface area contributed by atoms with E-state index in [1.54, 1.807) is 0 Å². The van der Waals surface area contributed by atoms with Crippen molar-refractivity contribution in [1.29, 1.82) is 0 Å². The summed E-state index contributed by atoms with van der Waals surface area (Å²) >= 11 is 0. The van der Waals surface area contributed by atoms with Gasteiger partial charge in [-0.25, -0.2) is 0 Å². The van der Waals surface area contributed by atoms with Crippen LogP contribution in [0.25, 0.3) is 0 Å². The standard InChI is InChI=1S/C3H5.K.H/c1-2-3-1;;/h1H,2-3H2;;. The topological polar surface area (TPSA) is 0 Å². The predicted molar refractivity (Wildman–Crippen MR) is 20.7 cm³/mol. The quantitative estimate of drug-likeness (QED) is 0.369. The Hall–Kier alpha value is 1.64. The van der Waals surface area contributed by atoms with Crippen molar-refractivity contribution in [2.24, 2.45) is 0 Å². The Bertz CT molecular complexity index is 8.00. The Morgan fingerprint density at radius 2 is 1.50 bits per heavy atom. The molecule has 1 heteroatoms. The fourth-order valence-corrected chi connectivity index (χ4v) is 0. The van der Waals surface area contributed by atoms with E-state index in [0.717, 1.165) is 0 Å². The average molecular weight is 81.2 g/mol. The van der Waals surface area contributed by atoms with Gasteiger partial charge in [0, 0.05) is 0 Å². The van der Waals surface area contributed by atoms with Crippen LogP contribution in [0.5, 0.6) is 0 Å². The van der Waals surface area contributed by atoms with Crippen LogP contribution in [0.15, 0.2) is 0 Å². The fourth-order valence-electron chi connectivity index (χ4n) is 0. The molecule has 0 aromatic rings. The molecule has 0 aromatic heterocycles. The van der Waals surface area contributed by atoms with E-state index in [-0.39, 0.29) is 51.4 Å². The van der Waals surface area contributed by atoms with Crippen LogP contribution < -0.4 is 0 Å². The molecule has 1 radical (unpaired) electrons. The van der Waals surface area contributed by atoms with Gasteiger partial charge in [0.05, 0.1) is 0 Å². The summed E-state index contributed by atoms with van der Waals surface area (Å²) in [5, 5.41) is 0. The van der Waals surface area contributed by atoms with Gasteiger partial charge in [-0.05, 0) is 19.3 Å². The Kier molecular flexibility index (Phi) is 4.02. The molecular weight excluding hydrogens is 75.1 g/mol. The SMILES string of the molecule is [CH]1CC1.[KH]. The first-order valence-corrected chi connectivity index (χ1v) is 1.32. The van der Waals surface area contributed by atoms with Crippen LogP contribution in [0.2, 0.25) is 0 Å². The van der Waals surface area contributed by atoms with Crippen molar-refractivity contribution in [3.63, 3.8) is 0 Å². The number of hydrogen-bond donors (Lipinski definition) is 0. The molecule has 1 aliphatic rings. The Morgan fingerprint density at radius 3 is 1.50 bits per heavy atom. The third kappa shape index (κ3) is 3.64. The summed E-state index contributed by atoms with van der Waals surface area (Å²) in [5.41, 5.74) is 0. The van der Waals surface area contributed by atoms with E-state index >= 15 is 0 Å². The Labute approximate surface area is 69.4 Å². The van der Waals surface area contributed by atoms with Crippen LogP contribution in [0, 0.1) is 6.42 Å². The van der Waals surface area contributed by atoms with Gasteiger partial charge < -0.3 is 0 Å². The zero-order valence-electron chi connectivity index (χ0n) is 1.99. The van der Waals surface area contributed by atoms with E-state index in [1.165, 1.54) is 12.8 Å². The first-order chi connectivity index (χ1) is 1.50. The molecule has 0 atom stereocenters. The van der Waals surface area contributed by atoms with Crippen molar-refractivity contribution >= 4 is 51.4 Å². The second-order valence-electron chi connectivity index (χ2n) is 0.866. The maximum absolute atomic E-state index is 2.25. The predicted octanol–water partition coefficient (Wildman–Crippen LogP) is 0.336. The summed E-state index contributed by atoms with van der Waals surface area (Å²) < 4.78 is 0. The molecule has 4 heavy (non-hydrogen) atoms. The minimum absolute atomic E-state index is 0. The van der Waals surface area contributed by atoms with E-state index in [9.17, 15) is 0 Å². The van der Waals surface area contributed by atoms with Crippen molar-refractivity contribution in [1.82, 2.24) is 0 Å². The summed E-state index contributed by atoms with van der Waals surface area (Å²) in [6.45, 7) is 0. The molecule has 1 saturated carbocycles. The van der Waals surface area contributed by atoms with Crippen molar-refractivity contribution in [2.75, 3.05) is 0 Å². The first kappa shape index (κ1) is 5.64. The number of rotatable bonds is 0. The Morgan fingerprint density at radius 1 is 1.25 bits per heavy atom. The van der Waals surface area contributed by atoms with Gasteiger partial charge >= 0.3 is 51.4 Å². The molecule has 0 saturated heterocycles. The van der Waals surface area contributed by atoms with E-state index < -0.39 is 0 Å². The second kappa shape index (κ2) is 2.85. The van der Waals surface area contributed by atoms with E-state index in [0.29, 0.717) is 0 Å². The van der Waals surface area contributed by atoms with Gasteiger partial charge in [0.15, 0.2) is 0 Å². The van der Waals surface area contributed by atoms with Crippen LogP contribution in [0.4, 0.5) is 0 Å². The summed E-state index contributed by atoms with van der Waals surface area (Å²) in [4.78, 5) is 0. The fraction of sp³-hybridized carbons (Fsp3) is 0.667. The van der Waals surface area contributed by atoms with Crippen molar-refractivity contribution in [3.05, 3.63) is 6.42 Å². The molecule has 0 aromatic carbocycles. The molecule has 0 spiro atoms. The molecule has 0 unspecified atom stereocenters. The summed E-state index contributed by atoms with van der Waals surface area (Å²) in [7, 11) is 0. The second-order valence-corrected chi connectivity index (χ2v) is 0.866. The normalized spacial score (nSPS) is 18.0. The Balaban J connectivity index is 0.0000000900. The third-order valence-corrected chi connectivity index (χ3v) is 0.289. The summed E-state index contributed by atoms with van der Waals surface area (Å²) in [6, 6.07) is 0. The van der Waals surface area contributed by atoms with Gasteiger partial charge in [-0.15, -0.1) is 0 Å². The maximum atomic E-state index is 2.25. The summed E-state index contributed by atoms with van der Waals surface area (Å²) in [6.07, 6.45) is 5.00. The first-order valence-electron chi connectivity index (χ1n) is 1.32. The van der Waals surface area contributed by atoms with Crippen molar-refractivity contribution in [3.8, 4) is 0 Å². The van der Waals surface area contributed by atoms with Crippen LogP contribution in [-0.4, -0.2) is 51.4 Å². The molecule has 0 nitrogen and oxygen atoms in total. The molecule has 0 aliphatic heterocycles. The zero-order valence-corrected chi connectivity index (χ0v) is 1.99. The summed E-state index contributed by atoms with van der Waals surface area (Å²) in [5.74, 6) is 0. The molecule has 0 heterocycles. The van der Waals surface area contributed by atoms with Crippen LogP contribution in [0.1, 0.15) is 12.8 Å². The average Bonchev–Trinajstić information content (AvgIpc) is 1.46. The zero-order chi connectivity index (χ0) is 2.12. The molecule has 0 N–H and O–H groups in total. The van der Waals surface area contributed by atoms with E-state index in [2.05, 4.69) is 6.42 Å². The monoisotopic (exact) mass is 81.0 g/mol. The van der Waals surface area contributed by atoms with E-state index in [1.807, 2.05) is 0 Å². The molecule has 1 fully saturated rings. The van der Waals surface area contributed by atoms with Gasteiger partial charge in [0.2, 0.25) is 0 Å². The molecule has 0 amide bonds. The van der Waals surface area contributed by atoms with Gasteiger partial charge in [0.1, 0.15) is 0 Å². The third-order valence-electron chi connectivity index (χ3n) is 0.289. The van der Waals surface area contributed by atoms with Crippen molar-refractivity contribution in [2.45, 2.75) is 12.8 Å². The van der Waals surface area contributed by atoms with Crippen LogP contribution in [-0.2, 0) is 0 Å². The van der Waals surface area contributed by atoms with Crippen LogP contribution >= 0.6 is 0 Å². The molecule has 1 rings (SSSR count). The minimum atomic E-state index is 0. The molecular formula is C3H6K. The van der Waals surface area contributed by atoms with Gasteiger partial charge in [0.25, 0.3) is 0 Å². The van der Waals surface area contributed by atoms with E-state index in [4.69, 9.17) is 0 Å². The van der Waals surface area contributed by atoms with Gasteiger partial charge in [-0.2, -0.15) is 0 Å². The van der Waals surface area contributed by atoms with Crippen LogP contribution in [0.3, 0.4) is 0 Å².